The Morgan fingerprint density at radius 1 is 0.550 bits per heavy atom. The first kappa shape index (κ1) is 27.6. The van der Waals surface area contributed by atoms with Gasteiger partial charge >= 0.3 is 251 Å². The van der Waals surface area contributed by atoms with Gasteiger partial charge in [-0.2, -0.15) is 0 Å². The Hall–Kier alpha value is -2.54. The molecule has 0 heterocycles. The Balaban J connectivity index is 1.53. The molecule has 4 aromatic carbocycles. The van der Waals surface area contributed by atoms with Crippen molar-refractivity contribution in [3.8, 4) is 22.3 Å². The van der Waals surface area contributed by atoms with Gasteiger partial charge in [0.25, 0.3) is 0 Å². The van der Waals surface area contributed by atoms with Gasteiger partial charge in [-0.25, -0.2) is 0 Å². The van der Waals surface area contributed by atoms with Crippen molar-refractivity contribution in [2.45, 2.75) is 59.9 Å². The van der Waals surface area contributed by atoms with Crippen molar-refractivity contribution in [2.24, 2.45) is 0 Å². The van der Waals surface area contributed by atoms with Gasteiger partial charge in [-0.1, -0.05) is 0 Å². The molecule has 0 saturated heterocycles. The summed E-state index contributed by atoms with van der Waals surface area (Å²) in [6, 6.07) is 36.5. The average Bonchev–Trinajstić information content (AvgIpc) is 3.53. The number of hydrogen-bond donors (Lipinski definition) is 0. The van der Waals surface area contributed by atoms with E-state index in [1.54, 1.807) is 22.3 Å². The van der Waals surface area contributed by atoms with Crippen LogP contribution in [0.15, 0.2) is 108 Å². The topological polar surface area (TPSA) is 0 Å². The number of rotatable bonds is 8. The zero-order valence-electron chi connectivity index (χ0n) is 24.4. The Morgan fingerprint density at radius 2 is 0.975 bits per heavy atom. The van der Waals surface area contributed by atoms with Crippen LogP contribution in [0.2, 0.25) is 13.1 Å². The van der Waals surface area contributed by atoms with Crippen molar-refractivity contribution < 1.29 is 20.4 Å². The normalized spacial score (nSPS) is 17.2. The number of allylic oxidation sites excluding steroid dienone is 2. The minimum absolute atomic E-state index is 0.461. The molecule has 0 spiro atoms. The third kappa shape index (κ3) is 5.03. The molecule has 0 saturated carbocycles. The summed E-state index contributed by atoms with van der Waals surface area (Å²) >= 11 is -2.14. The van der Waals surface area contributed by atoms with Gasteiger partial charge in [0.2, 0.25) is 0 Å². The fraction of sp³-hybridized carbons (Fsp3) is 0.263. The second kappa shape index (κ2) is 12.1. The van der Waals surface area contributed by atoms with E-state index in [4.69, 9.17) is 0 Å². The molecule has 2 unspecified atom stereocenters. The van der Waals surface area contributed by atoms with E-state index < -0.39 is 25.8 Å². The molecule has 0 aromatic heterocycles. The molecule has 40 heavy (non-hydrogen) atoms. The third-order valence-electron chi connectivity index (χ3n) is 8.75. The minimum atomic E-state index is -2.14. The molecular weight excluding hydrogens is 576 g/mol. The van der Waals surface area contributed by atoms with Crippen LogP contribution in [0.1, 0.15) is 69.0 Å². The van der Waals surface area contributed by atoms with Crippen LogP contribution in [0.4, 0.5) is 0 Å². The summed E-state index contributed by atoms with van der Waals surface area (Å²) in [7, 11) is 0. The Morgan fingerprint density at radius 3 is 1.35 bits per heavy atom. The molecule has 2 aliphatic carbocycles. The maximum atomic E-state index is 2.66. The summed E-state index contributed by atoms with van der Waals surface area (Å²) in [5, 5.41) is 0. The first-order valence-electron chi connectivity index (χ1n) is 15.1. The van der Waals surface area contributed by atoms with Gasteiger partial charge in [0.05, 0.1) is 0 Å². The van der Waals surface area contributed by atoms with Crippen LogP contribution in [-0.2, 0) is 20.4 Å². The van der Waals surface area contributed by atoms with E-state index in [-0.39, 0.29) is 0 Å². The van der Waals surface area contributed by atoms with Crippen molar-refractivity contribution in [1.29, 1.82) is 0 Å². The van der Waals surface area contributed by atoms with E-state index >= 15 is 0 Å². The molecule has 0 amide bonds. The molecular formula is C38H40SiZr. The van der Waals surface area contributed by atoms with E-state index in [0.29, 0.717) is 7.25 Å². The average molecular weight is 616 g/mol. The molecule has 6 rings (SSSR count). The summed E-state index contributed by atoms with van der Waals surface area (Å²) in [5.74, 6) is 0. The van der Waals surface area contributed by atoms with E-state index in [1.807, 2.05) is 0 Å². The van der Waals surface area contributed by atoms with Gasteiger partial charge < -0.3 is 0 Å². The summed E-state index contributed by atoms with van der Waals surface area (Å²) in [4.78, 5) is 0. The van der Waals surface area contributed by atoms with Crippen molar-refractivity contribution >= 4 is 17.6 Å². The molecule has 0 N–H and O–H groups in total. The monoisotopic (exact) mass is 614 g/mol. The van der Waals surface area contributed by atoms with Crippen LogP contribution in [0.5, 0.6) is 0 Å². The second-order valence-corrected chi connectivity index (χ2v) is 29.5. The van der Waals surface area contributed by atoms with Crippen LogP contribution in [-0.4, -0.2) is 5.43 Å². The molecule has 2 aliphatic rings. The predicted octanol–water partition coefficient (Wildman–Crippen LogP) is 11.1. The van der Waals surface area contributed by atoms with Gasteiger partial charge in [-0.15, -0.1) is 0 Å². The summed E-state index contributed by atoms with van der Waals surface area (Å²) < 4.78 is 1.36. The first-order valence-corrected chi connectivity index (χ1v) is 24.1. The van der Waals surface area contributed by atoms with E-state index in [9.17, 15) is 0 Å². The Kier molecular flexibility index (Phi) is 8.38. The molecule has 4 aromatic rings. The van der Waals surface area contributed by atoms with Crippen molar-refractivity contribution in [2.75, 3.05) is 0 Å². The molecule has 0 aliphatic heterocycles. The summed E-state index contributed by atoms with van der Waals surface area (Å²) in [6.45, 7) is 10.0. The zero-order chi connectivity index (χ0) is 27.6. The molecule has 0 fully saturated rings. The van der Waals surface area contributed by atoms with Crippen LogP contribution in [0.3, 0.4) is 0 Å². The maximum absolute atomic E-state index is 2.66. The van der Waals surface area contributed by atoms with Crippen molar-refractivity contribution in [3.05, 3.63) is 130 Å². The Bertz CT molecular complexity index is 1500. The van der Waals surface area contributed by atoms with E-state index in [0.717, 1.165) is 0 Å². The van der Waals surface area contributed by atoms with Crippen LogP contribution < -0.4 is 0 Å². The molecule has 0 nitrogen and oxygen atoms in total. The number of hydrogen-bond acceptors (Lipinski definition) is 0. The fourth-order valence-electron chi connectivity index (χ4n) is 7.16. The quantitative estimate of drug-likeness (QED) is 0.173. The first-order chi connectivity index (χ1) is 19.6. The van der Waals surface area contributed by atoms with Gasteiger partial charge in [-0.05, 0) is 0 Å². The van der Waals surface area contributed by atoms with Gasteiger partial charge in [0.15, 0.2) is 0 Å². The number of benzene rings is 4. The van der Waals surface area contributed by atoms with Gasteiger partial charge in [0.1, 0.15) is 0 Å². The van der Waals surface area contributed by atoms with Crippen molar-refractivity contribution in [3.63, 3.8) is 0 Å². The molecule has 2 heteroatoms. The molecule has 2 atom stereocenters. The van der Waals surface area contributed by atoms with E-state index in [2.05, 4.69) is 136 Å². The zero-order valence-corrected chi connectivity index (χ0v) is 27.8. The molecule has 200 valence electrons. The summed E-state index contributed by atoms with van der Waals surface area (Å²) in [5.41, 5.74) is 14.9. The van der Waals surface area contributed by atoms with Crippen LogP contribution >= 0.6 is 0 Å². The SMILES string of the molecule is CCCC1=Cc2c(-c3ccccc3)cccc2[CH]1[Zr]([CH]1C(CCC)=Cc2c(-c3ccccc3)cccc21)=[Si](C)C. The second-order valence-electron chi connectivity index (χ2n) is 11.6. The molecule has 0 bridgehead atoms. The standard InChI is InChI=1S/2C18H17.C2H6Si.Zr/c2*1-2-7-14-12-16-10-6-11-17(18(16)13-14)15-8-4-3-5-9-15;1-3-2;/h2*3-6,8-13H,2,7H2,1H3;1-2H3;. The fourth-order valence-corrected chi connectivity index (χ4v) is 27.6. The molecule has 0 radical (unpaired) electrons. The predicted molar refractivity (Wildman–Crippen MR) is 172 cm³/mol. The Labute approximate surface area is 249 Å². The van der Waals surface area contributed by atoms with Gasteiger partial charge in [-0.3, -0.25) is 0 Å². The van der Waals surface area contributed by atoms with Crippen molar-refractivity contribution in [1.82, 2.24) is 0 Å². The number of fused-ring (bicyclic) bond motifs is 2. The van der Waals surface area contributed by atoms with E-state index in [1.165, 1.54) is 59.1 Å². The summed E-state index contributed by atoms with van der Waals surface area (Å²) in [6.07, 6.45) is 10.2. The van der Waals surface area contributed by atoms with Gasteiger partial charge in [0, 0.05) is 0 Å². The third-order valence-corrected chi connectivity index (χ3v) is 28.2. The van der Waals surface area contributed by atoms with Crippen LogP contribution in [0.25, 0.3) is 34.4 Å². The van der Waals surface area contributed by atoms with Crippen LogP contribution in [0, 0.1) is 0 Å².